The maximum Gasteiger partial charge on any atom is 0.224 e. The SMILES string of the molecule is CC(=O)N1c2cc3[nH]c(C)cc3cc2CC1C. The van der Waals surface area contributed by atoms with Gasteiger partial charge in [-0.1, -0.05) is 0 Å². The second-order valence-corrected chi connectivity index (χ2v) is 4.96. The Hall–Kier alpha value is -1.77. The molecule has 1 aromatic carbocycles. The van der Waals surface area contributed by atoms with Crippen molar-refractivity contribution in [2.24, 2.45) is 0 Å². The van der Waals surface area contributed by atoms with Crippen LogP contribution in [0.15, 0.2) is 18.2 Å². The molecule has 88 valence electrons. The van der Waals surface area contributed by atoms with E-state index in [-0.39, 0.29) is 11.9 Å². The van der Waals surface area contributed by atoms with Crippen molar-refractivity contribution in [3.05, 3.63) is 29.5 Å². The molecule has 0 saturated carbocycles. The molecular formula is C14H16N2O. The van der Waals surface area contributed by atoms with Crippen LogP contribution in [0, 0.1) is 6.92 Å². The Balaban J connectivity index is 2.22. The molecule has 0 bridgehead atoms. The van der Waals surface area contributed by atoms with E-state index in [9.17, 15) is 4.79 Å². The fourth-order valence-electron chi connectivity index (χ4n) is 2.88. The summed E-state index contributed by atoms with van der Waals surface area (Å²) in [5.74, 6) is 0.124. The number of benzene rings is 1. The fraction of sp³-hybridized carbons (Fsp3) is 0.357. The van der Waals surface area contributed by atoms with Crippen LogP contribution in [0.4, 0.5) is 5.69 Å². The van der Waals surface area contributed by atoms with Crippen molar-refractivity contribution in [2.75, 3.05) is 4.90 Å². The Morgan fingerprint density at radius 1 is 1.41 bits per heavy atom. The number of hydrogen-bond donors (Lipinski definition) is 1. The summed E-state index contributed by atoms with van der Waals surface area (Å²) in [5, 5.41) is 1.24. The lowest BCUT2D eigenvalue weighted by Gasteiger charge is -2.20. The van der Waals surface area contributed by atoms with E-state index in [4.69, 9.17) is 0 Å². The molecule has 0 spiro atoms. The van der Waals surface area contributed by atoms with Crippen molar-refractivity contribution in [3.8, 4) is 0 Å². The second-order valence-electron chi connectivity index (χ2n) is 4.96. The van der Waals surface area contributed by atoms with Crippen LogP contribution in [-0.4, -0.2) is 16.9 Å². The quantitative estimate of drug-likeness (QED) is 0.739. The molecule has 1 amide bonds. The number of hydrogen-bond acceptors (Lipinski definition) is 1. The van der Waals surface area contributed by atoms with Gasteiger partial charge < -0.3 is 9.88 Å². The van der Waals surface area contributed by atoms with E-state index < -0.39 is 0 Å². The summed E-state index contributed by atoms with van der Waals surface area (Å²) in [5.41, 5.74) is 4.62. The lowest BCUT2D eigenvalue weighted by atomic mass is 10.1. The molecule has 2 heterocycles. The first-order chi connectivity index (χ1) is 8.06. The number of carbonyl (C=O) groups is 1. The number of nitrogens with one attached hydrogen (secondary N) is 1. The molecule has 17 heavy (non-hydrogen) atoms. The van der Waals surface area contributed by atoms with Gasteiger partial charge in [0.15, 0.2) is 0 Å². The summed E-state index contributed by atoms with van der Waals surface area (Å²) in [6, 6.07) is 6.72. The van der Waals surface area contributed by atoms with Gasteiger partial charge in [0.1, 0.15) is 0 Å². The second kappa shape index (κ2) is 3.36. The predicted molar refractivity (Wildman–Crippen MR) is 69.4 cm³/mol. The fourth-order valence-corrected chi connectivity index (χ4v) is 2.88. The molecule has 1 N–H and O–H groups in total. The molecule has 0 fully saturated rings. The first-order valence-electron chi connectivity index (χ1n) is 5.98. The number of nitrogens with zero attached hydrogens (tertiary/aromatic N) is 1. The van der Waals surface area contributed by atoms with Crippen LogP contribution in [0.5, 0.6) is 0 Å². The molecule has 3 rings (SSSR count). The number of H-pyrrole nitrogens is 1. The van der Waals surface area contributed by atoms with E-state index >= 15 is 0 Å². The number of aromatic amines is 1. The number of carbonyl (C=O) groups excluding carboxylic acids is 1. The summed E-state index contributed by atoms with van der Waals surface area (Å²) in [7, 11) is 0. The minimum atomic E-state index is 0.124. The number of amides is 1. The zero-order chi connectivity index (χ0) is 12.2. The Morgan fingerprint density at radius 2 is 2.18 bits per heavy atom. The molecule has 1 aromatic heterocycles. The van der Waals surface area contributed by atoms with Crippen molar-refractivity contribution < 1.29 is 4.79 Å². The highest BCUT2D eigenvalue weighted by Crippen LogP contribution is 2.35. The number of anilines is 1. The summed E-state index contributed by atoms with van der Waals surface area (Å²) < 4.78 is 0. The third-order valence-corrected chi connectivity index (χ3v) is 3.51. The van der Waals surface area contributed by atoms with Gasteiger partial charge >= 0.3 is 0 Å². The van der Waals surface area contributed by atoms with Gasteiger partial charge in [0.05, 0.1) is 0 Å². The first kappa shape index (κ1) is 10.4. The largest absolute Gasteiger partial charge is 0.359 e. The van der Waals surface area contributed by atoms with Crippen molar-refractivity contribution in [1.82, 2.24) is 4.98 Å². The van der Waals surface area contributed by atoms with E-state index in [1.165, 1.54) is 10.9 Å². The van der Waals surface area contributed by atoms with Gasteiger partial charge in [-0.25, -0.2) is 0 Å². The van der Waals surface area contributed by atoms with E-state index in [0.717, 1.165) is 23.3 Å². The van der Waals surface area contributed by atoms with Crippen molar-refractivity contribution in [2.45, 2.75) is 33.2 Å². The Kier molecular flexibility index (Phi) is 2.05. The molecule has 1 aliphatic heterocycles. The normalized spacial score (nSPS) is 18.8. The highest BCUT2D eigenvalue weighted by atomic mass is 16.2. The molecule has 1 aliphatic rings. The van der Waals surface area contributed by atoms with Crippen molar-refractivity contribution >= 4 is 22.5 Å². The van der Waals surface area contributed by atoms with Crippen LogP contribution in [0.1, 0.15) is 25.1 Å². The van der Waals surface area contributed by atoms with Gasteiger partial charge in [-0.3, -0.25) is 4.79 Å². The van der Waals surface area contributed by atoms with Crippen LogP contribution < -0.4 is 4.90 Å². The number of fused-ring (bicyclic) bond motifs is 2. The minimum Gasteiger partial charge on any atom is -0.359 e. The standard InChI is InChI=1S/C14H16N2O/c1-8-4-11-6-12-5-9(2)16(10(3)17)14(12)7-13(11)15-8/h4,6-7,9,15H,5H2,1-3H3. The zero-order valence-electron chi connectivity index (χ0n) is 10.4. The molecule has 0 radical (unpaired) electrons. The summed E-state index contributed by atoms with van der Waals surface area (Å²) in [4.78, 5) is 16.9. The average molecular weight is 228 g/mol. The Labute approximate surface area is 100 Å². The van der Waals surface area contributed by atoms with Crippen LogP contribution in [0.2, 0.25) is 0 Å². The third-order valence-electron chi connectivity index (χ3n) is 3.51. The van der Waals surface area contributed by atoms with E-state index in [0.29, 0.717) is 0 Å². The van der Waals surface area contributed by atoms with Gasteiger partial charge in [-0.05, 0) is 44.0 Å². The highest BCUT2D eigenvalue weighted by molar-refractivity contribution is 5.98. The summed E-state index contributed by atoms with van der Waals surface area (Å²) in [6.07, 6.45) is 0.953. The molecule has 3 heteroatoms. The van der Waals surface area contributed by atoms with Crippen LogP contribution in [0.3, 0.4) is 0 Å². The Morgan fingerprint density at radius 3 is 2.88 bits per heavy atom. The monoisotopic (exact) mass is 228 g/mol. The predicted octanol–water partition coefficient (Wildman–Crippen LogP) is 2.77. The van der Waals surface area contributed by atoms with Crippen molar-refractivity contribution in [1.29, 1.82) is 0 Å². The van der Waals surface area contributed by atoms with Gasteiger partial charge in [0.2, 0.25) is 5.91 Å². The number of rotatable bonds is 0. The lowest BCUT2D eigenvalue weighted by Crippen LogP contribution is -2.33. The van der Waals surface area contributed by atoms with Crippen molar-refractivity contribution in [3.63, 3.8) is 0 Å². The Bertz CT molecular complexity index is 612. The van der Waals surface area contributed by atoms with Crippen LogP contribution in [0.25, 0.3) is 10.9 Å². The third kappa shape index (κ3) is 1.46. The maximum absolute atomic E-state index is 11.7. The summed E-state index contributed by atoms with van der Waals surface area (Å²) >= 11 is 0. The lowest BCUT2D eigenvalue weighted by molar-refractivity contribution is -0.116. The highest BCUT2D eigenvalue weighted by Gasteiger charge is 2.29. The van der Waals surface area contributed by atoms with Gasteiger partial charge in [0, 0.05) is 35.2 Å². The minimum absolute atomic E-state index is 0.124. The van der Waals surface area contributed by atoms with E-state index in [1.54, 1.807) is 6.92 Å². The van der Waals surface area contributed by atoms with Gasteiger partial charge in [0.25, 0.3) is 0 Å². The molecule has 0 saturated heterocycles. The zero-order valence-corrected chi connectivity index (χ0v) is 10.4. The topological polar surface area (TPSA) is 36.1 Å². The molecule has 0 aliphatic carbocycles. The van der Waals surface area contributed by atoms with Gasteiger partial charge in [-0.15, -0.1) is 0 Å². The van der Waals surface area contributed by atoms with E-state index in [2.05, 4.69) is 37.0 Å². The summed E-state index contributed by atoms with van der Waals surface area (Å²) in [6.45, 7) is 5.78. The smallest absolute Gasteiger partial charge is 0.224 e. The van der Waals surface area contributed by atoms with Crippen LogP contribution >= 0.6 is 0 Å². The molecule has 1 unspecified atom stereocenters. The maximum atomic E-state index is 11.7. The molecule has 1 atom stereocenters. The molecule has 3 nitrogen and oxygen atoms in total. The molecule has 2 aromatic rings. The number of aryl methyl sites for hydroxylation is 1. The molecular weight excluding hydrogens is 212 g/mol. The van der Waals surface area contributed by atoms with Gasteiger partial charge in [-0.2, -0.15) is 0 Å². The van der Waals surface area contributed by atoms with Crippen LogP contribution in [-0.2, 0) is 11.2 Å². The average Bonchev–Trinajstić information content (AvgIpc) is 2.70. The number of aromatic nitrogens is 1. The van der Waals surface area contributed by atoms with E-state index in [1.807, 2.05) is 4.90 Å². The first-order valence-corrected chi connectivity index (χ1v) is 5.98.